The van der Waals surface area contributed by atoms with E-state index in [1.807, 2.05) is 0 Å². The fourth-order valence-corrected chi connectivity index (χ4v) is 5.98. The van der Waals surface area contributed by atoms with E-state index in [0.29, 0.717) is 30.5 Å². The number of hydrogen-bond donors (Lipinski definition) is 2. The topological polar surface area (TPSA) is 108 Å². The van der Waals surface area contributed by atoms with Crippen molar-refractivity contribution in [3.05, 3.63) is 35.4 Å². The maximum Gasteiger partial charge on any atom is 0.332 e. The average Bonchev–Trinajstić information content (AvgIpc) is 3.43. The number of benzene rings is 1. The summed E-state index contributed by atoms with van der Waals surface area (Å²) in [5.41, 5.74) is 9.96. The molecule has 4 rings (SSSR count). The highest BCUT2D eigenvalue weighted by Crippen LogP contribution is 2.31. The minimum absolute atomic E-state index is 0.0274. The molecule has 2 heterocycles. The van der Waals surface area contributed by atoms with Gasteiger partial charge in [-0.05, 0) is 49.1 Å². The Morgan fingerprint density at radius 2 is 2.00 bits per heavy atom. The number of amides is 4. The Bertz CT molecular complexity index is 876. The fourth-order valence-electron chi connectivity index (χ4n) is 4.80. The van der Waals surface area contributed by atoms with Crippen molar-refractivity contribution in [2.24, 2.45) is 16.8 Å². The molecule has 31 heavy (non-hydrogen) atoms. The molecule has 3 aliphatic rings. The normalized spacial score (nSPS) is 25.6. The van der Waals surface area contributed by atoms with Gasteiger partial charge in [0, 0.05) is 24.9 Å². The van der Waals surface area contributed by atoms with Crippen molar-refractivity contribution in [2.75, 3.05) is 18.2 Å². The van der Waals surface area contributed by atoms with Crippen LogP contribution in [0.5, 0.6) is 0 Å². The van der Waals surface area contributed by atoms with Crippen LogP contribution in [0.1, 0.15) is 36.8 Å². The van der Waals surface area contributed by atoms with Crippen LogP contribution >= 0.6 is 11.8 Å². The van der Waals surface area contributed by atoms with Crippen molar-refractivity contribution in [1.82, 2.24) is 15.2 Å². The summed E-state index contributed by atoms with van der Waals surface area (Å²) in [5.74, 6) is 1.56. The van der Waals surface area contributed by atoms with E-state index in [-0.39, 0.29) is 17.9 Å². The van der Waals surface area contributed by atoms with Gasteiger partial charge >= 0.3 is 6.03 Å². The second kappa shape index (κ2) is 9.72. The molecule has 1 aromatic rings. The zero-order chi connectivity index (χ0) is 21.8. The molecule has 2 aliphatic heterocycles. The van der Waals surface area contributed by atoms with E-state index < -0.39 is 12.1 Å². The van der Waals surface area contributed by atoms with Crippen molar-refractivity contribution in [3.8, 4) is 0 Å². The summed E-state index contributed by atoms with van der Waals surface area (Å²) in [6.07, 6.45) is 6.66. The molecule has 0 spiro atoms. The maximum absolute atomic E-state index is 13.3. The van der Waals surface area contributed by atoms with E-state index in [0.717, 1.165) is 32.1 Å². The van der Waals surface area contributed by atoms with Crippen LogP contribution in [0, 0.1) is 5.92 Å². The largest absolute Gasteiger partial charge is 0.350 e. The standard InChI is InChI=1S/C22H29N5O3S/c23-22(30)25-24-12-18-6-3-9-26(18)21(29)19-13-31-14-27(19)20(28)11-15-7-8-16-4-1-2-5-17(16)10-15/h1-2,4-5,12,15,18-19H,3,6-11,13-14H2,(H3,23,25,30)/t15-,18-,19-/m0/s1. The Hall–Kier alpha value is -2.55. The summed E-state index contributed by atoms with van der Waals surface area (Å²) in [6, 6.07) is 7.12. The number of hydrogen-bond acceptors (Lipinski definition) is 5. The minimum Gasteiger partial charge on any atom is -0.350 e. The molecular weight excluding hydrogens is 414 g/mol. The van der Waals surface area contributed by atoms with Crippen LogP contribution in [0.3, 0.4) is 0 Å². The lowest BCUT2D eigenvalue weighted by molar-refractivity contribution is -0.143. The third-order valence-corrected chi connectivity index (χ3v) is 7.42. The zero-order valence-corrected chi connectivity index (χ0v) is 18.4. The first-order chi connectivity index (χ1) is 15.0. The number of primary amides is 1. The summed E-state index contributed by atoms with van der Waals surface area (Å²) in [4.78, 5) is 40.8. The van der Waals surface area contributed by atoms with Gasteiger partial charge in [0.2, 0.25) is 11.8 Å². The van der Waals surface area contributed by atoms with E-state index in [4.69, 9.17) is 5.73 Å². The van der Waals surface area contributed by atoms with E-state index in [1.165, 1.54) is 11.1 Å². The number of rotatable bonds is 5. The van der Waals surface area contributed by atoms with E-state index in [1.54, 1.807) is 27.8 Å². The third kappa shape index (κ3) is 5.03. The van der Waals surface area contributed by atoms with Gasteiger partial charge in [0.1, 0.15) is 6.04 Å². The van der Waals surface area contributed by atoms with Gasteiger partial charge in [-0.25, -0.2) is 10.2 Å². The molecule has 1 aliphatic carbocycles. The second-order valence-corrected chi connectivity index (χ2v) is 9.46. The number of carbonyl (C=O) groups is 3. The number of likely N-dealkylation sites (tertiary alicyclic amines) is 1. The van der Waals surface area contributed by atoms with Gasteiger partial charge in [0.25, 0.3) is 0 Å². The Morgan fingerprint density at radius 3 is 2.81 bits per heavy atom. The molecule has 9 heteroatoms. The van der Waals surface area contributed by atoms with Gasteiger partial charge in [0.05, 0.1) is 11.9 Å². The molecule has 0 aromatic heterocycles. The van der Waals surface area contributed by atoms with Crippen LogP contribution in [-0.2, 0) is 22.4 Å². The first kappa shape index (κ1) is 21.7. The van der Waals surface area contributed by atoms with Gasteiger partial charge in [0.15, 0.2) is 0 Å². The van der Waals surface area contributed by atoms with Crippen LogP contribution < -0.4 is 11.2 Å². The number of hydrazone groups is 1. The van der Waals surface area contributed by atoms with E-state index in [9.17, 15) is 14.4 Å². The lowest BCUT2D eigenvalue weighted by atomic mass is 9.82. The number of fused-ring (bicyclic) bond motifs is 1. The molecule has 4 amide bonds. The highest BCUT2D eigenvalue weighted by molar-refractivity contribution is 7.99. The van der Waals surface area contributed by atoms with Crippen LogP contribution in [0.2, 0.25) is 0 Å². The Balaban J connectivity index is 1.37. The molecular formula is C22H29N5O3S. The summed E-state index contributed by atoms with van der Waals surface area (Å²) < 4.78 is 0. The van der Waals surface area contributed by atoms with E-state index in [2.05, 4.69) is 34.8 Å². The molecule has 8 nitrogen and oxygen atoms in total. The molecule has 3 atom stereocenters. The predicted molar refractivity (Wildman–Crippen MR) is 120 cm³/mol. The highest BCUT2D eigenvalue weighted by atomic mass is 32.2. The monoisotopic (exact) mass is 443 g/mol. The van der Waals surface area contributed by atoms with Crippen molar-refractivity contribution >= 4 is 35.8 Å². The van der Waals surface area contributed by atoms with E-state index >= 15 is 0 Å². The quantitative estimate of drug-likeness (QED) is 0.534. The van der Waals surface area contributed by atoms with Gasteiger partial charge in [-0.3, -0.25) is 9.59 Å². The van der Waals surface area contributed by atoms with Gasteiger partial charge < -0.3 is 15.5 Å². The number of aryl methyl sites for hydroxylation is 1. The lowest BCUT2D eigenvalue weighted by Crippen LogP contribution is -2.51. The van der Waals surface area contributed by atoms with Gasteiger partial charge in [-0.2, -0.15) is 5.10 Å². The average molecular weight is 444 g/mol. The molecule has 0 unspecified atom stereocenters. The predicted octanol–water partition coefficient (Wildman–Crippen LogP) is 1.73. The number of nitrogens with two attached hydrogens (primary N) is 1. The number of nitrogens with zero attached hydrogens (tertiary/aromatic N) is 3. The third-order valence-electron chi connectivity index (χ3n) is 6.40. The van der Waals surface area contributed by atoms with Crippen LogP contribution in [0.4, 0.5) is 4.79 Å². The first-order valence-corrected chi connectivity index (χ1v) is 12.0. The van der Waals surface area contributed by atoms with Crippen LogP contribution in [0.25, 0.3) is 0 Å². The number of carbonyl (C=O) groups excluding carboxylic acids is 3. The Labute approximate surface area is 186 Å². The van der Waals surface area contributed by atoms with Crippen LogP contribution in [-0.4, -0.2) is 64.1 Å². The summed E-state index contributed by atoms with van der Waals surface area (Å²) in [6.45, 7) is 0.634. The molecule has 2 fully saturated rings. The molecule has 0 saturated carbocycles. The number of thioether (sulfide) groups is 1. The zero-order valence-electron chi connectivity index (χ0n) is 17.5. The van der Waals surface area contributed by atoms with Crippen molar-refractivity contribution in [3.63, 3.8) is 0 Å². The van der Waals surface area contributed by atoms with Gasteiger partial charge in [-0.15, -0.1) is 11.8 Å². The first-order valence-electron chi connectivity index (χ1n) is 10.9. The van der Waals surface area contributed by atoms with Gasteiger partial charge in [-0.1, -0.05) is 24.3 Å². The SMILES string of the molecule is NC(=O)NN=C[C@@H]1CCCN1C(=O)[C@@H]1CSCN1C(=O)C[C@H]1CCc2ccccc2C1. The fraction of sp³-hybridized carbons (Fsp3) is 0.545. The molecule has 0 radical (unpaired) electrons. The summed E-state index contributed by atoms with van der Waals surface area (Å²) in [7, 11) is 0. The lowest BCUT2D eigenvalue weighted by Gasteiger charge is -2.31. The molecule has 1 aromatic carbocycles. The van der Waals surface area contributed by atoms with Crippen molar-refractivity contribution in [1.29, 1.82) is 0 Å². The van der Waals surface area contributed by atoms with Crippen molar-refractivity contribution < 1.29 is 14.4 Å². The molecule has 2 saturated heterocycles. The summed E-state index contributed by atoms with van der Waals surface area (Å²) in [5, 5.41) is 3.83. The maximum atomic E-state index is 13.3. The molecule has 0 bridgehead atoms. The number of nitrogens with one attached hydrogen (secondary N) is 1. The van der Waals surface area contributed by atoms with Crippen molar-refractivity contribution in [2.45, 2.75) is 50.6 Å². The Morgan fingerprint density at radius 1 is 1.19 bits per heavy atom. The minimum atomic E-state index is -0.735. The molecule has 3 N–H and O–H groups in total. The van der Waals surface area contributed by atoms with Crippen LogP contribution in [0.15, 0.2) is 29.4 Å². The highest BCUT2D eigenvalue weighted by Gasteiger charge is 2.40. The number of urea groups is 1. The second-order valence-electron chi connectivity index (χ2n) is 8.46. The molecule has 166 valence electrons. The smallest absolute Gasteiger partial charge is 0.332 e. The Kier molecular flexibility index (Phi) is 6.80. The summed E-state index contributed by atoms with van der Waals surface area (Å²) >= 11 is 1.63.